The maximum absolute atomic E-state index is 13.8. The van der Waals surface area contributed by atoms with Crippen molar-refractivity contribution in [2.24, 2.45) is 0 Å². The molecule has 0 heterocycles. The molecule has 1 saturated carbocycles. The fourth-order valence-corrected chi connectivity index (χ4v) is 6.14. The Labute approximate surface area is 234 Å². The number of carbonyl (C=O) groups excluding carboxylic acids is 2. The minimum absolute atomic E-state index is 0.0314. The molecule has 1 N–H and O–H groups in total. The summed E-state index contributed by atoms with van der Waals surface area (Å²) in [4.78, 5) is 28.6. The summed E-state index contributed by atoms with van der Waals surface area (Å²) >= 11 is 18.5. The van der Waals surface area contributed by atoms with Gasteiger partial charge in [0.2, 0.25) is 21.8 Å². The highest BCUT2D eigenvalue weighted by Gasteiger charge is 2.33. The minimum Gasteiger partial charge on any atom is -0.352 e. The van der Waals surface area contributed by atoms with Crippen LogP contribution in [-0.4, -0.2) is 50.0 Å². The van der Waals surface area contributed by atoms with Gasteiger partial charge in [-0.15, -0.1) is 0 Å². The SMILES string of the molecule is CCC(C(=O)NC1CCCC1)N(Cc1cccc(C)c1)C(=O)CN(c1cc(Cl)c(Cl)cc1Cl)S(C)(=O)=O. The number of carbonyl (C=O) groups is 2. The number of hydrogen-bond donors (Lipinski definition) is 1. The second-order valence-corrected chi connectivity index (χ2v) is 12.5. The van der Waals surface area contributed by atoms with E-state index in [1.54, 1.807) is 0 Å². The van der Waals surface area contributed by atoms with E-state index in [4.69, 9.17) is 34.8 Å². The van der Waals surface area contributed by atoms with Crippen LogP contribution in [0.5, 0.6) is 0 Å². The predicted molar refractivity (Wildman–Crippen MR) is 150 cm³/mol. The highest BCUT2D eigenvalue weighted by molar-refractivity contribution is 7.92. The Morgan fingerprint density at radius 3 is 2.30 bits per heavy atom. The summed E-state index contributed by atoms with van der Waals surface area (Å²) in [5, 5.41) is 3.37. The van der Waals surface area contributed by atoms with Crippen LogP contribution in [0.2, 0.25) is 15.1 Å². The molecular formula is C26H32Cl3N3O4S. The van der Waals surface area contributed by atoms with E-state index in [2.05, 4.69) is 5.32 Å². The predicted octanol–water partition coefficient (Wildman–Crippen LogP) is 5.59. The maximum atomic E-state index is 13.8. The van der Waals surface area contributed by atoms with Crippen LogP contribution in [0.15, 0.2) is 36.4 Å². The van der Waals surface area contributed by atoms with E-state index in [0.29, 0.717) is 6.42 Å². The summed E-state index contributed by atoms with van der Waals surface area (Å²) < 4.78 is 26.5. The van der Waals surface area contributed by atoms with Crippen LogP contribution in [-0.2, 0) is 26.2 Å². The first-order valence-electron chi connectivity index (χ1n) is 12.2. The molecule has 0 spiro atoms. The second-order valence-electron chi connectivity index (χ2n) is 9.41. The molecule has 1 aliphatic carbocycles. The molecule has 37 heavy (non-hydrogen) atoms. The normalized spacial score (nSPS) is 14.9. The number of sulfonamides is 1. The Balaban J connectivity index is 1.97. The molecular weight excluding hydrogens is 557 g/mol. The molecule has 1 aliphatic rings. The summed E-state index contributed by atoms with van der Waals surface area (Å²) in [5.74, 6) is -0.781. The Kier molecular flexibility index (Phi) is 10.1. The van der Waals surface area contributed by atoms with Gasteiger partial charge in [-0.1, -0.05) is 84.4 Å². The third-order valence-electron chi connectivity index (χ3n) is 6.46. The highest BCUT2D eigenvalue weighted by Crippen LogP contribution is 2.35. The topological polar surface area (TPSA) is 86.8 Å². The summed E-state index contributed by atoms with van der Waals surface area (Å²) in [6.07, 6.45) is 5.27. The van der Waals surface area contributed by atoms with Gasteiger partial charge in [0.15, 0.2) is 0 Å². The van der Waals surface area contributed by atoms with Crippen LogP contribution in [0, 0.1) is 6.92 Å². The average molecular weight is 589 g/mol. The van der Waals surface area contributed by atoms with E-state index in [1.807, 2.05) is 38.1 Å². The van der Waals surface area contributed by atoms with E-state index in [0.717, 1.165) is 47.4 Å². The van der Waals surface area contributed by atoms with E-state index in [9.17, 15) is 18.0 Å². The average Bonchev–Trinajstić information content (AvgIpc) is 3.32. The van der Waals surface area contributed by atoms with Gasteiger partial charge in [-0.25, -0.2) is 8.42 Å². The van der Waals surface area contributed by atoms with Gasteiger partial charge in [0.05, 0.1) is 27.0 Å². The van der Waals surface area contributed by atoms with Crippen LogP contribution in [0.1, 0.15) is 50.2 Å². The molecule has 3 rings (SSSR count). The number of halogens is 3. The quantitative estimate of drug-likeness (QED) is 0.367. The molecule has 0 aliphatic heterocycles. The lowest BCUT2D eigenvalue weighted by molar-refractivity contribution is -0.140. The zero-order valence-corrected chi connectivity index (χ0v) is 24.2. The van der Waals surface area contributed by atoms with Gasteiger partial charge in [0.1, 0.15) is 12.6 Å². The molecule has 2 amide bonds. The van der Waals surface area contributed by atoms with Crippen molar-refractivity contribution in [1.82, 2.24) is 10.2 Å². The molecule has 2 aromatic carbocycles. The third-order valence-corrected chi connectivity index (χ3v) is 8.61. The van der Waals surface area contributed by atoms with Crippen molar-refractivity contribution >= 4 is 62.3 Å². The molecule has 0 bridgehead atoms. The number of nitrogens with zero attached hydrogens (tertiary/aromatic N) is 2. The van der Waals surface area contributed by atoms with Crippen molar-refractivity contribution in [2.45, 2.75) is 64.6 Å². The van der Waals surface area contributed by atoms with Crippen LogP contribution in [0.4, 0.5) is 5.69 Å². The Morgan fingerprint density at radius 1 is 1.05 bits per heavy atom. The number of benzene rings is 2. The van der Waals surface area contributed by atoms with Crippen LogP contribution < -0.4 is 9.62 Å². The lowest BCUT2D eigenvalue weighted by Gasteiger charge is -2.33. The molecule has 7 nitrogen and oxygen atoms in total. The van der Waals surface area contributed by atoms with Crippen molar-refractivity contribution in [3.05, 3.63) is 62.6 Å². The van der Waals surface area contributed by atoms with Gasteiger partial charge in [0, 0.05) is 12.6 Å². The van der Waals surface area contributed by atoms with Crippen molar-refractivity contribution in [3.63, 3.8) is 0 Å². The van der Waals surface area contributed by atoms with Gasteiger partial charge in [-0.3, -0.25) is 13.9 Å². The Bertz CT molecular complexity index is 1250. The molecule has 202 valence electrons. The molecule has 0 radical (unpaired) electrons. The van der Waals surface area contributed by atoms with Gasteiger partial charge in [-0.2, -0.15) is 0 Å². The van der Waals surface area contributed by atoms with Crippen molar-refractivity contribution in [2.75, 3.05) is 17.1 Å². The monoisotopic (exact) mass is 587 g/mol. The summed E-state index contributed by atoms with van der Waals surface area (Å²) in [6, 6.07) is 9.58. The summed E-state index contributed by atoms with van der Waals surface area (Å²) in [5.41, 5.74) is 1.87. The van der Waals surface area contributed by atoms with Gasteiger partial charge in [0.25, 0.3) is 0 Å². The number of aryl methyl sites for hydroxylation is 1. The first-order valence-corrected chi connectivity index (χ1v) is 15.2. The zero-order valence-electron chi connectivity index (χ0n) is 21.1. The van der Waals surface area contributed by atoms with Crippen LogP contribution in [0.25, 0.3) is 0 Å². The molecule has 2 aromatic rings. The van der Waals surface area contributed by atoms with E-state index in [-0.39, 0.29) is 39.2 Å². The number of hydrogen-bond acceptors (Lipinski definition) is 4. The standard InChI is InChI=1S/C26H32Cl3N3O4S/c1-4-23(26(34)30-19-10-5-6-11-19)31(15-18-9-7-8-17(2)12-18)25(33)16-32(37(3,35)36)24-14-21(28)20(27)13-22(24)29/h7-9,12-14,19,23H,4-6,10-11,15-16H2,1-3H3,(H,30,34). The molecule has 1 unspecified atom stereocenters. The first kappa shape index (κ1) is 29.6. The van der Waals surface area contributed by atoms with E-state index >= 15 is 0 Å². The third kappa shape index (κ3) is 7.76. The number of rotatable bonds is 10. The molecule has 11 heteroatoms. The largest absolute Gasteiger partial charge is 0.352 e. The molecule has 1 atom stereocenters. The first-order chi connectivity index (χ1) is 17.4. The lowest BCUT2D eigenvalue weighted by atomic mass is 10.1. The number of amides is 2. The van der Waals surface area contributed by atoms with Gasteiger partial charge in [-0.05, 0) is 43.9 Å². The van der Waals surface area contributed by atoms with Gasteiger partial charge >= 0.3 is 0 Å². The molecule has 1 fully saturated rings. The number of nitrogens with one attached hydrogen (secondary N) is 1. The van der Waals surface area contributed by atoms with E-state index < -0.39 is 28.5 Å². The smallest absolute Gasteiger partial charge is 0.244 e. The zero-order chi connectivity index (χ0) is 27.3. The van der Waals surface area contributed by atoms with Gasteiger partial charge < -0.3 is 10.2 Å². The molecule has 0 saturated heterocycles. The minimum atomic E-state index is -3.95. The fourth-order valence-electron chi connectivity index (χ4n) is 4.59. The fraction of sp³-hybridized carbons (Fsp3) is 0.462. The second kappa shape index (κ2) is 12.7. The maximum Gasteiger partial charge on any atom is 0.244 e. The lowest BCUT2D eigenvalue weighted by Crippen LogP contribution is -2.53. The summed E-state index contributed by atoms with van der Waals surface area (Å²) in [6.45, 7) is 3.36. The van der Waals surface area contributed by atoms with Crippen molar-refractivity contribution < 1.29 is 18.0 Å². The summed E-state index contributed by atoms with van der Waals surface area (Å²) in [7, 11) is -3.95. The number of anilines is 1. The van der Waals surface area contributed by atoms with Crippen LogP contribution in [0.3, 0.4) is 0 Å². The Hall–Kier alpha value is -2.00. The van der Waals surface area contributed by atoms with Crippen molar-refractivity contribution in [1.29, 1.82) is 0 Å². The highest BCUT2D eigenvalue weighted by atomic mass is 35.5. The van der Waals surface area contributed by atoms with Crippen LogP contribution >= 0.6 is 34.8 Å². The molecule has 0 aromatic heterocycles. The van der Waals surface area contributed by atoms with E-state index in [1.165, 1.54) is 17.0 Å². The van der Waals surface area contributed by atoms with Crippen molar-refractivity contribution in [3.8, 4) is 0 Å². The Morgan fingerprint density at radius 2 is 1.70 bits per heavy atom.